The highest BCUT2D eigenvalue weighted by atomic mass is 35.5. The van der Waals surface area contributed by atoms with Gasteiger partial charge in [-0.3, -0.25) is 4.79 Å². The second-order valence-electron chi connectivity index (χ2n) is 5.26. The average molecular weight is 320 g/mol. The molecule has 0 aliphatic rings. The Hall–Kier alpha value is -0.650. The highest BCUT2D eigenvalue weighted by molar-refractivity contribution is 7.09. The number of carbonyl (C=O) groups excluding carboxylic acids is 1. The molecule has 1 unspecified atom stereocenters. The molecule has 1 rings (SSSR count). The molecule has 3 N–H and O–H groups in total. The fourth-order valence-electron chi connectivity index (χ4n) is 1.96. The molecule has 20 heavy (non-hydrogen) atoms. The predicted octanol–water partition coefficient (Wildman–Crippen LogP) is 2.83. The number of halogens is 1. The molecular formula is C14H26ClN3OS. The molecule has 0 aromatic carbocycles. The van der Waals surface area contributed by atoms with E-state index in [0.29, 0.717) is 6.54 Å². The summed E-state index contributed by atoms with van der Waals surface area (Å²) in [5, 5.41) is 6.17. The molecule has 4 nitrogen and oxygen atoms in total. The molecule has 1 aromatic heterocycles. The molecule has 1 aromatic rings. The van der Waals surface area contributed by atoms with E-state index < -0.39 is 5.54 Å². The number of amides is 1. The molecule has 116 valence electrons. The Morgan fingerprint density at radius 1 is 1.50 bits per heavy atom. The number of hydrogen-bond acceptors (Lipinski definition) is 4. The third-order valence-corrected chi connectivity index (χ3v) is 4.08. The van der Waals surface area contributed by atoms with E-state index >= 15 is 0 Å². The normalized spacial score (nSPS) is 13.4. The van der Waals surface area contributed by atoms with Gasteiger partial charge in [0.1, 0.15) is 0 Å². The van der Waals surface area contributed by atoms with Crippen molar-refractivity contribution in [3.63, 3.8) is 0 Å². The van der Waals surface area contributed by atoms with Gasteiger partial charge in [-0.05, 0) is 39.5 Å². The molecule has 0 aliphatic carbocycles. The van der Waals surface area contributed by atoms with Crippen LogP contribution in [0.2, 0.25) is 0 Å². The number of nitrogens with zero attached hydrogens (tertiary/aromatic N) is 1. The second kappa shape index (κ2) is 9.32. The van der Waals surface area contributed by atoms with Gasteiger partial charge in [0.15, 0.2) is 0 Å². The molecule has 6 heteroatoms. The minimum Gasteiger partial charge on any atom is -0.355 e. The maximum absolute atomic E-state index is 11.8. The second-order valence-corrected chi connectivity index (χ2v) is 6.21. The Balaban J connectivity index is 0.00000361. The first kappa shape index (κ1) is 19.4. The molecule has 1 atom stereocenters. The molecule has 0 radical (unpaired) electrons. The fourth-order valence-corrected chi connectivity index (χ4v) is 2.77. The van der Waals surface area contributed by atoms with Gasteiger partial charge in [-0.1, -0.05) is 13.3 Å². The summed E-state index contributed by atoms with van der Waals surface area (Å²) in [7, 11) is 0. The third-order valence-electron chi connectivity index (χ3n) is 3.06. The average Bonchev–Trinajstić information content (AvgIpc) is 2.74. The summed E-state index contributed by atoms with van der Waals surface area (Å²) >= 11 is 1.71. The molecule has 0 spiro atoms. The van der Waals surface area contributed by atoms with E-state index in [1.54, 1.807) is 18.3 Å². The highest BCUT2D eigenvalue weighted by Gasteiger charge is 2.26. The lowest BCUT2D eigenvalue weighted by Crippen LogP contribution is -2.51. The number of unbranched alkanes of at least 4 members (excludes halogenated alkanes) is 1. The first-order valence-electron chi connectivity index (χ1n) is 6.94. The largest absolute Gasteiger partial charge is 0.355 e. The first-order chi connectivity index (χ1) is 8.95. The van der Waals surface area contributed by atoms with E-state index in [4.69, 9.17) is 5.73 Å². The maximum atomic E-state index is 11.8. The number of nitrogens with one attached hydrogen (secondary N) is 1. The minimum atomic E-state index is -0.735. The summed E-state index contributed by atoms with van der Waals surface area (Å²) in [6.07, 6.45) is 4.64. The van der Waals surface area contributed by atoms with Crippen molar-refractivity contribution in [2.45, 2.75) is 58.4 Å². The van der Waals surface area contributed by atoms with Gasteiger partial charge in [-0.2, -0.15) is 0 Å². The Bertz CT molecular complexity index is 407. The molecule has 0 aliphatic heterocycles. The van der Waals surface area contributed by atoms with Crippen LogP contribution < -0.4 is 11.1 Å². The summed E-state index contributed by atoms with van der Waals surface area (Å²) in [4.78, 5) is 16.3. The number of hydrogen-bond donors (Lipinski definition) is 2. The van der Waals surface area contributed by atoms with Gasteiger partial charge in [0, 0.05) is 17.6 Å². The van der Waals surface area contributed by atoms with Crippen molar-refractivity contribution < 1.29 is 4.79 Å². The first-order valence-corrected chi connectivity index (χ1v) is 7.82. The zero-order valence-corrected chi connectivity index (χ0v) is 14.2. The van der Waals surface area contributed by atoms with Gasteiger partial charge >= 0.3 is 0 Å². The Labute approximate surface area is 132 Å². The summed E-state index contributed by atoms with van der Waals surface area (Å²) < 4.78 is 0. The van der Waals surface area contributed by atoms with Gasteiger partial charge in [0.2, 0.25) is 5.91 Å². The number of aryl methyl sites for hydroxylation is 2. The maximum Gasteiger partial charge on any atom is 0.239 e. The van der Waals surface area contributed by atoms with E-state index in [-0.39, 0.29) is 18.3 Å². The van der Waals surface area contributed by atoms with Crippen molar-refractivity contribution in [3.05, 3.63) is 16.1 Å². The Morgan fingerprint density at radius 2 is 2.20 bits per heavy atom. The lowest BCUT2D eigenvalue weighted by atomic mass is 9.96. The Morgan fingerprint density at radius 3 is 2.75 bits per heavy atom. The lowest BCUT2D eigenvalue weighted by molar-refractivity contribution is -0.126. The van der Waals surface area contributed by atoms with Crippen LogP contribution in [0, 0.1) is 6.92 Å². The van der Waals surface area contributed by atoms with Gasteiger partial charge in [-0.25, -0.2) is 4.98 Å². The number of nitrogens with two attached hydrogens (primary N) is 1. The molecule has 0 saturated carbocycles. The van der Waals surface area contributed by atoms with Gasteiger partial charge in [0.25, 0.3) is 0 Å². The fraction of sp³-hybridized carbons (Fsp3) is 0.714. The van der Waals surface area contributed by atoms with Crippen LogP contribution in [0.25, 0.3) is 0 Å². The predicted molar refractivity (Wildman–Crippen MR) is 87.5 cm³/mol. The summed E-state index contributed by atoms with van der Waals surface area (Å²) in [6, 6.07) is 0. The van der Waals surface area contributed by atoms with Crippen molar-refractivity contribution in [1.82, 2.24) is 10.3 Å². The minimum absolute atomic E-state index is 0. The van der Waals surface area contributed by atoms with Crippen LogP contribution in [0.5, 0.6) is 0 Å². The highest BCUT2D eigenvalue weighted by Crippen LogP contribution is 2.12. The van der Waals surface area contributed by atoms with E-state index in [2.05, 4.69) is 15.7 Å². The van der Waals surface area contributed by atoms with E-state index in [1.807, 2.05) is 13.8 Å². The van der Waals surface area contributed by atoms with Crippen molar-refractivity contribution >= 4 is 29.7 Å². The summed E-state index contributed by atoms with van der Waals surface area (Å²) in [5.41, 5.74) is 6.31. The van der Waals surface area contributed by atoms with Gasteiger partial charge < -0.3 is 11.1 Å². The van der Waals surface area contributed by atoms with Crippen LogP contribution in [0.4, 0.5) is 0 Å². The smallest absolute Gasteiger partial charge is 0.239 e. The SMILES string of the molecule is CCCC(C)(N)C(=O)NCCCCc1nc(C)cs1.Cl. The zero-order chi connectivity index (χ0) is 14.3. The number of aromatic nitrogens is 1. The van der Waals surface area contributed by atoms with Crippen LogP contribution in [0.1, 0.15) is 50.2 Å². The third kappa shape index (κ3) is 6.68. The number of thiazole rings is 1. The Kier molecular flexibility index (Phi) is 9.01. The topological polar surface area (TPSA) is 68.0 Å². The quantitative estimate of drug-likeness (QED) is 0.724. The standard InChI is InChI=1S/C14H25N3OS.ClH/c1-4-8-14(3,15)13(18)16-9-6-5-7-12-17-11(2)10-19-12;/h10H,4-9,15H2,1-3H3,(H,16,18);1H. The van der Waals surface area contributed by atoms with Crippen LogP contribution >= 0.6 is 23.7 Å². The summed E-state index contributed by atoms with van der Waals surface area (Å²) in [5.74, 6) is -0.0422. The van der Waals surface area contributed by atoms with Crippen molar-refractivity contribution in [1.29, 1.82) is 0 Å². The van der Waals surface area contributed by atoms with Crippen LogP contribution in [0.3, 0.4) is 0 Å². The van der Waals surface area contributed by atoms with Gasteiger partial charge in [0.05, 0.1) is 10.5 Å². The number of carbonyl (C=O) groups is 1. The summed E-state index contributed by atoms with van der Waals surface area (Å²) in [6.45, 7) is 6.54. The van der Waals surface area contributed by atoms with Crippen LogP contribution in [-0.4, -0.2) is 23.0 Å². The van der Waals surface area contributed by atoms with Crippen molar-refractivity contribution in [2.75, 3.05) is 6.54 Å². The van der Waals surface area contributed by atoms with E-state index in [0.717, 1.165) is 37.8 Å². The van der Waals surface area contributed by atoms with Crippen LogP contribution in [0.15, 0.2) is 5.38 Å². The van der Waals surface area contributed by atoms with Crippen molar-refractivity contribution in [3.8, 4) is 0 Å². The van der Waals surface area contributed by atoms with Gasteiger partial charge in [-0.15, -0.1) is 23.7 Å². The zero-order valence-electron chi connectivity index (χ0n) is 12.6. The molecule has 0 fully saturated rings. The van der Waals surface area contributed by atoms with Crippen LogP contribution in [-0.2, 0) is 11.2 Å². The molecular weight excluding hydrogens is 294 g/mol. The van der Waals surface area contributed by atoms with E-state index in [9.17, 15) is 4.79 Å². The molecule has 0 saturated heterocycles. The van der Waals surface area contributed by atoms with Crippen molar-refractivity contribution in [2.24, 2.45) is 5.73 Å². The molecule has 1 heterocycles. The molecule has 1 amide bonds. The lowest BCUT2D eigenvalue weighted by Gasteiger charge is -2.22. The molecule has 0 bridgehead atoms. The monoisotopic (exact) mass is 319 g/mol. The number of rotatable bonds is 8. The van der Waals surface area contributed by atoms with E-state index in [1.165, 1.54) is 5.01 Å².